The van der Waals surface area contributed by atoms with Crippen LogP contribution >= 0.6 is 0 Å². The molecule has 35 heavy (non-hydrogen) atoms. The number of carbonyl (C=O) groups excluding carboxylic acids is 2. The number of benzene rings is 3. The zero-order chi connectivity index (χ0) is 24.6. The van der Waals surface area contributed by atoms with E-state index in [2.05, 4.69) is 5.32 Å². The van der Waals surface area contributed by atoms with Crippen molar-refractivity contribution in [1.82, 2.24) is 10.2 Å². The van der Waals surface area contributed by atoms with Crippen molar-refractivity contribution in [1.29, 1.82) is 0 Å². The molecule has 1 saturated carbocycles. The molecule has 182 valence electrons. The predicted molar refractivity (Wildman–Crippen MR) is 136 cm³/mol. The Bertz CT molecular complexity index is 1140. The van der Waals surface area contributed by atoms with E-state index in [0.29, 0.717) is 12.0 Å². The fourth-order valence-electron chi connectivity index (χ4n) is 4.80. The topological polar surface area (TPSA) is 49.4 Å². The molecular formula is C30H33FN2O2. The molecule has 0 bridgehead atoms. The van der Waals surface area contributed by atoms with Gasteiger partial charge in [-0.1, -0.05) is 85.6 Å². The van der Waals surface area contributed by atoms with Crippen LogP contribution in [0.3, 0.4) is 0 Å². The second-order valence-electron chi connectivity index (χ2n) is 9.41. The van der Waals surface area contributed by atoms with Gasteiger partial charge in [-0.25, -0.2) is 4.39 Å². The number of rotatable bonds is 9. The summed E-state index contributed by atoms with van der Waals surface area (Å²) in [5.74, 6) is -0.740. The minimum Gasteiger partial charge on any atom is -0.352 e. The van der Waals surface area contributed by atoms with E-state index in [1.54, 1.807) is 23.1 Å². The highest BCUT2D eigenvalue weighted by Crippen LogP contribution is 2.21. The number of halogens is 1. The molecule has 0 radical (unpaired) electrons. The van der Waals surface area contributed by atoms with Gasteiger partial charge in [-0.3, -0.25) is 9.59 Å². The SMILES string of the molecule is Cc1ccccc1CC(=O)N(Cc1ccccc1F)C(Cc1ccccc1)C(=O)NC1CCCC1. The molecule has 0 aliphatic heterocycles. The van der Waals surface area contributed by atoms with Gasteiger partial charge in [-0.2, -0.15) is 0 Å². The molecule has 4 nitrogen and oxygen atoms in total. The minimum absolute atomic E-state index is 0.0347. The quantitative estimate of drug-likeness (QED) is 0.455. The maximum atomic E-state index is 14.7. The van der Waals surface area contributed by atoms with E-state index < -0.39 is 6.04 Å². The smallest absolute Gasteiger partial charge is 0.243 e. The van der Waals surface area contributed by atoms with Gasteiger partial charge >= 0.3 is 0 Å². The van der Waals surface area contributed by atoms with E-state index in [9.17, 15) is 14.0 Å². The van der Waals surface area contributed by atoms with E-state index in [0.717, 1.165) is 42.4 Å². The van der Waals surface area contributed by atoms with Crippen LogP contribution in [0.25, 0.3) is 0 Å². The first kappa shape index (κ1) is 24.6. The van der Waals surface area contributed by atoms with Crippen molar-refractivity contribution in [2.45, 2.75) is 64.1 Å². The maximum absolute atomic E-state index is 14.7. The Morgan fingerprint density at radius 3 is 2.23 bits per heavy atom. The molecule has 0 heterocycles. The third kappa shape index (κ3) is 6.56. The molecule has 1 N–H and O–H groups in total. The van der Waals surface area contributed by atoms with Crippen LogP contribution in [-0.4, -0.2) is 28.8 Å². The number of amides is 2. The molecule has 1 unspecified atom stereocenters. The zero-order valence-corrected chi connectivity index (χ0v) is 20.3. The summed E-state index contributed by atoms with van der Waals surface area (Å²) in [5.41, 5.74) is 3.28. The molecule has 1 fully saturated rings. The molecular weight excluding hydrogens is 439 g/mol. The fraction of sp³-hybridized carbons (Fsp3) is 0.333. The lowest BCUT2D eigenvalue weighted by Crippen LogP contribution is -2.52. The summed E-state index contributed by atoms with van der Waals surface area (Å²) in [6, 6.07) is 23.3. The molecule has 3 aromatic carbocycles. The number of nitrogens with zero attached hydrogens (tertiary/aromatic N) is 1. The number of carbonyl (C=O) groups is 2. The van der Waals surface area contributed by atoms with Crippen LogP contribution in [0.1, 0.15) is 47.9 Å². The highest BCUT2D eigenvalue weighted by molar-refractivity contribution is 5.89. The maximum Gasteiger partial charge on any atom is 0.243 e. The second kappa shape index (κ2) is 11.8. The highest BCUT2D eigenvalue weighted by Gasteiger charge is 2.32. The Hall–Kier alpha value is -3.47. The Kier molecular flexibility index (Phi) is 8.30. The van der Waals surface area contributed by atoms with Crippen molar-refractivity contribution in [3.63, 3.8) is 0 Å². The Balaban J connectivity index is 1.68. The summed E-state index contributed by atoms with van der Waals surface area (Å²) in [6.07, 6.45) is 4.62. The van der Waals surface area contributed by atoms with E-state index in [-0.39, 0.29) is 36.6 Å². The van der Waals surface area contributed by atoms with Gasteiger partial charge in [0.15, 0.2) is 0 Å². The van der Waals surface area contributed by atoms with E-state index in [1.165, 1.54) is 6.07 Å². The first-order valence-corrected chi connectivity index (χ1v) is 12.4. The number of nitrogens with one attached hydrogen (secondary N) is 1. The van der Waals surface area contributed by atoms with Gasteiger partial charge in [0, 0.05) is 24.6 Å². The Labute approximate surface area is 207 Å². The van der Waals surface area contributed by atoms with Gasteiger partial charge in [0.25, 0.3) is 0 Å². The molecule has 2 amide bonds. The standard InChI is InChI=1S/C30H33FN2O2/c1-22-11-5-6-14-24(22)20-29(34)33(21-25-15-7-10-18-27(25)31)28(19-23-12-3-2-4-13-23)30(35)32-26-16-8-9-17-26/h2-7,10-15,18,26,28H,8-9,16-17,19-21H2,1H3,(H,32,35). The van der Waals surface area contributed by atoms with Gasteiger partial charge in [-0.05, 0) is 42.5 Å². The summed E-state index contributed by atoms with van der Waals surface area (Å²) >= 11 is 0. The van der Waals surface area contributed by atoms with Crippen LogP contribution in [0, 0.1) is 12.7 Å². The lowest BCUT2D eigenvalue weighted by molar-refractivity contribution is -0.141. The second-order valence-corrected chi connectivity index (χ2v) is 9.41. The third-order valence-electron chi connectivity index (χ3n) is 6.87. The Morgan fingerprint density at radius 2 is 1.54 bits per heavy atom. The van der Waals surface area contributed by atoms with Crippen molar-refractivity contribution in [2.75, 3.05) is 0 Å². The van der Waals surface area contributed by atoms with Gasteiger partial charge in [0.2, 0.25) is 11.8 Å². The van der Waals surface area contributed by atoms with Gasteiger partial charge < -0.3 is 10.2 Å². The normalized spacial score (nSPS) is 14.5. The van der Waals surface area contributed by atoms with Crippen LogP contribution in [0.5, 0.6) is 0 Å². The summed E-state index contributed by atoms with van der Waals surface area (Å²) < 4.78 is 14.7. The molecule has 1 atom stereocenters. The molecule has 0 aromatic heterocycles. The lowest BCUT2D eigenvalue weighted by atomic mass is 10.00. The van der Waals surface area contributed by atoms with Crippen LogP contribution in [0.2, 0.25) is 0 Å². The van der Waals surface area contributed by atoms with Gasteiger partial charge in [0.1, 0.15) is 11.9 Å². The zero-order valence-electron chi connectivity index (χ0n) is 20.3. The van der Waals surface area contributed by atoms with Gasteiger partial charge in [-0.15, -0.1) is 0 Å². The third-order valence-corrected chi connectivity index (χ3v) is 6.87. The van der Waals surface area contributed by atoms with Crippen molar-refractivity contribution < 1.29 is 14.0 Å². The largest absolute Gasteiger partial charge is 0.352 e. The summed E-state index contributed by atoms with van der Waals surface area (Å²) in [4.78, 5) is 29.0. The minimum atomic E-state index is -0.742. The van der Waals surface area contributed by atoms with Crippen molar-refractivity contribution in [3.8, 4) is 0 Å². The Morgan fingerprint density at radius 1 is 0.914 bits per heavy atom. The van der Waals surface area contributed by atoms with Crippen LogP contribution in [0.4, 0.5) is 4.39 Å². The van der Waals surface area contributed by atoms with E-state index in [1.807, 2.05) is 61.5 Å². The first-order valence-electron chi connectivity index (χ1n) is 12.4. The molecule has 5 heteroatoms. The fourth-order valence-corrected chi connectivity index (χ4v) is 4.80. The average molecular weight is 473 g/mol. The average Bonchev–Trinajstić information content (AvgIpc) is 3.37. The summed E-state index contributed by atoms with van der Waals surface area (Å²) in [5, 5.41) is 3.18. The van der Waals surface area contributed by atoms with Crippen molar-refractivity contribution >= 4 is 11.8 Å². The number of aryl methyl sites for hydroxylation is 1. The molecule has 3 aromatic rings. The van der Waals surface area contributed by atoms with Crippen LogP contribution in [0.15, 0.2) is 78.9 Å². The molecule has 1 aliphatic carbocycles. The highest BCUT2D eigenvalue weighted by atomic mass is 19.1. The first-order chi connectivity index (χ1) is 17.0. The molecule has 1 aliphatic rings. The number of hydrogen-bond acceptors (Lipinski definition) is 2. The summed E-state index contributed by atoms with van der Waals surface area (Å²) in [6.45, 7) is 2.01. The summed E-state index contributed by atoms with van der Waals surface area (Å²) in [7, 11) is 0. The van der Waals surface area contributed by atoms with Crippen molar-refractivity contribution in [2.24, 2.45) is 0 Å². The van der Waals surface area contributed by atoms with Crippen molar-refractivity contribution in [3.05, 3.63) is 107 Å². The van der Waals surface area contributed by atoms with E-state index >= 15 is 0 Å². The molecule has 0 spiro atoms. The lowest BCUT2D eigenvalue weighted by Gasteiger charge is -2.32. The van der Waals surface area contributed by atoms with Crippen LogP contribution in [-0.2, 0) is 29.0 Å². The predicted octanol–water partition coefficient (Wildman–Crippen LogP) is 5.38. The molecule has 4 rings (SSSR count). The number of hydrogen-bond donors (Lipinski definition) is 1. The van der Waals surface area contributed by atoms with Crippen LogP contribution < -0.4 is 5.32 Å². The van der Waals surface area contributed by atoms with Gasteiger partial charge in [0.05, 0.1) is 6.42 Å². The monoisotopic (exact) mass is 472 g/mol. The molecule has 0 saturated heterocycles. The van der Waals surface area contributed by atoms with E-state index in [4.69, 9.17) is 0 Å².